The first-order valence-corrected chi connectivity index (χ1v) is 5.01. The Morgan fingerprint density at radius 3 is 3.00 bits per heavy atom. The highest BCUT2D eigenvalue weighted by atomic mass is 19.1. The second-order valence-electron chi connectivity index (χ2n) is 3.23. The molecule has 0 radical (unpaired) electrons. The third kappa shape index (κ3) is 3.08. The molecule has 0 unspecified atom stereocenters. The van der Waals surface area contributed by atoms with Crippen molar-refractivity contribution in [3.63, 3.8) is 0 Å². The van der Waals surface area contributed by atoms with Crippen molar-refractivity contribution in [1.82, 2.24) is 4.98 Å². The van der Waals surface area contributed by atoms with Gasteiger partial charge in [0.2, 0.25) is 0 Å². The van der Waals surface area contributed by atoms with E-state index in [1.54, 1.807) is 4.90 Å². The largest absolute Gasteiger partial charge is 0.409 e. The van der Waals surface area contributed by atoms with Gasteiger partial charge in [-0.2, -0.15) is 0 Å². The Kier molecular flexibility index (Phi) is 4.50. The first-order chi connectivity index (χ1) is 7.69. The quantitative estimate of drug-likeness (QED) is 0.342. The predicted molar refractivity (Wildman–Crippen MR) is 60.1 cm³/mol. The van der Waals surface area contributed by atoms with Gasteiger partial charge in [0.25, 0.3) is 0 Å². The number of hydrogen-bond acceptors (Lipinski definition) is 4. The maximum atomic E-state index is 13.4. The van der Waals surface area contributed by atoms with Crippen molar-refractivity contribution in [2.75, 3.05) is 18.0 Å². The van der Waals surface area contributed by atoms with Crippen LogP contribution in [0.25, 0.3) is 0 Å². The Hall–Kier alpha value is -1.85. The molecule has 1 aromatic rings. The molecule has 6 heteroatoms. The van der Waals surface area contributed by atoms with Crippen LogP contribution in [0.15, 0.2) is 23.5 Å². The molecule has 0 fully saturated rings. The fraction of sp³-hybridized carbons (Fsp3) is 0.400. The van der Waals surface area contributed by atoms with Gasteiger partial charge in [-0.15, -0.1) is 0 Å². The number of anilines is 1. The minimum absolute atomic E-state index is 0.120. The Bertz CT molecular complexity index is 370. The zero-order valence-corrected chi connectivity index (χ0v) is 9.10. The molecule has 0 saturated heterocycles. The van der Waals surface area contributed by atoms with E-state index in [1.165, 1.54) is 18.3 Å². The lowest BCUT2D eigenvalue weighted by molar-refractivity contribution is 0.317. The van der Waals surface area contributed by atoms with Crippen LogP contribution in [-0.2, 0) is 0 Å². The molecule has 1 heterocycles. The van der Waals surface area contributed by atoms with Gasteiger partial charge in [-0.1, -0.05) is 5.16 Å². The molecule has 16 heavy (non-hydrogen) atoms. The highest BCUT2D eigenvalue weighted by Gasteiger charge is 2.11. The highest BCUT2D eigenvalue weighted by molar-refractivity contribution is 5.80. The Balaban J connectivity index is 2.71. The van der Waals surface area contributed by atoms with E-state index in [9.17, 15) is 4.39 Å². The van der Waals surface area contributed by atoms with Gasteiger partial charge in [-0.05, 0) is 19.1 Å². The van der Waals surface area contributed by atoms with Crippen molar-refractivity contribution in [2.24, 2.45) is 10.9 Å². The molecule has 88 valence electrons. The van der Waals surface area contributed by atoms with Crippen LogP contribution < -0.4 is 10.6 Å². The third-order valence-electron chi connectivity index (χ3n) is 2.19. The van der Waals surface area contributed by atoms with Crippen LogP contribution in [0.2, 0.25) is 0 Å². The van der Waals surface area contributed by atoms with E-state index >= 15 is 0 Å². The fourth-order valence-corrected chi connectivity index (χ4v) is 1.32. The monoisotopic (exact) mass is 226 g/mol. The SMILES string of the molecule is CCN(CCC(N)=NO)c1ncccc1F. The van der Waals surface area contributed by atoms with Gasteiger partial charge in [0, 0.05) is 25.7 Å². The summed E-state index contributed by atoms with van der Waals surface area (Å²) in [6.07, 6.45) is 1.89. The zero-order valence-electron chi connectivity index (χ0n) is 9.10. The number of nitrogens with two attached hydrogens (primary N) is 1. The second kappa shape index (κ2) is 5.89. The number of amidine groups is 1. The number of nitrogens with zero attached hydrogens (tertiary/aromatic N) is 3. The first-order valence-electron chi connectivity index (χ1n) is 5.01. The van der Waals surface area contributed by atoms with Gasteiger partial charge in [0.1, 0.15) is 5.84 Å². The Morgan fingerprint density at radius 1 is 1.69 bits per heavy atom. The second-order valence-corrected chi connectivity index (χ2v) is 3.23. The van der Waals surface area contributed by atoms with Gasteiger partial charge in [0.05, 0.1) is 0 Å². The lowest BCUT2D eigenvalue weighted by Gasteiger charge is -2.21. The van der Waals surface area contributed by atoms with Crippen molar-refractivity contribution in [1.29, 1.82) is 0 Å². The third-order valence-corrected chi connectivity index (χ3v) is 2.19. The van der Waals surface area contributed by atoms with Crippen molar-refractivity contribution in [2.45, 2.75) is 13.3 Å². The highest BCUT2D eigenvalue weighted by Crippen LogP contribution is 2.14. The van der Waals surface area contributed by atoms with E-state index in [4.69, 9.17) is 10.9 Å². The van der Waals surface area contributed by atoms with Crippen molar-refractivity contribution >= 4 is 11.7 Å². The van der Waals surface area contributed by atoms with Gasteiger partial charge < -0.3 is 15.8 Å². The van der Waals surface area contributed by atoms with Crippen LogP contribution in [0.3, 0.4) is 0 Å². The summed E-state index contributed by atoms with van der Waals surface area (Å²) in [7, 11) is 0. The molecule has 1 aromatic heterocycles. The molecule has 0 aliphatic carbocycles. The molecular formula is C10H15FN4O. The van der Waals surface area contributed by atoms with E-state index in [-0.39, 0.29) is 17.5 Å². The van der Waals surface area contributed by atoms with Crippen LogP contribution in [-0.4, -0.2) is 29.1 Å². The standard InChI is InChI=1S/C10H15FN4O/c1-2-15(7-5-9(12)14-16)10-8(11)4-3-6-13-10/h3-4,6,16H,2,5,7H2,1H3,(H2,12,14). The lowest BCUT2D eigenvalue weighted by atomic mass is 10.3. The molecule has 0 atom stereocenters. The van der Waals surface area contributed by atoms with Gasteiger partial charge in [-0.3, -0.25) is 0 Å². The van der Waals surface area contributed by atoms with Crippen molar-refractivity contribution in [3.05, 3.63) is 24.1 Å². The molecule has 0 aliphatic heterocycles. The molecule has 0 aromatic carbocycles. The number of oxime groups is 1. The minimum Gasteiger partial charge on any atom is -0.409 e. The zero-order chi connectivity index (χ0) is 12.0. The van der Waals surface area contributed by atoms with E-state index in [2.05, 4.69) is 10.1 Å². The van der Waals surface area contributed by atoms with Crippen molar-refractivity contribution < 1.29 is 9.60 Å². The van der Waals surface area contributed by atoms with Crippen LogP contribution >= 0.6 is 0 Å². The summed E-state index contributed by atoms with van der Waals surface area (Å²) in [5.41, 5.74) is 5.35. The van der Waals surface area contributed by atoms with Crippen LogP contribution in [0, 0.1) is 5.82 Å². The Morgan fingerprint density at radius 2 is 2.44 bits per heavy atom. The first kappa shape index (κ1) is 12.2. The van der Waals surface area contributed by atoms with Gasteiger partial charge >= 0.3 is 0 Å². The molecule has 0 spiro atoms. The fourth-order valence-electron chi connectivity index (χ4n) is 1.32. The van der Waals surface area contributed by atoms with E-state index in [0.29, 0.717) is 19.5 Å². The summed E-state index contributed by atoms with van der Waals surface area (Å²) in [6.45, 7) is 2.95. The molecular weight excluding hydrogens is 211 g/mol. The van der Waals surface area contributed by atoms with E-state index in [1.807, 2.05) is 6.92 Å². The summed E-state index contributed by atoms with van der Waals surface area (Å²) in [4.78, 5) is 5.69. The molecule has 1 rings (SSSR count). The van der Waals surface area contributed by atoms with Gasteiger partial charge in [-0.25, -0.2) is 9.37 Å². The number of halogens is 1. The lowest BCUT2D eigenvalue weighted by Crippen LogP contribution is -2.29. The van der Waals surface area contributed by atoms with Gasteiger partial charge in [0.15, 0.2) is 11.6 Å². The maximum Gasteiger partial charge on any atom is 0.165 e. The minimum atomic E-state index is -0.371. The maximum absolute atomic E-state index is 13.4. The molecule has 0 amide bonds. The summed E-state index contributed by atoms with van der Waals surface area (Å²) in [6, 6.07) is 2.89. The molecule has 3 N–H and O–H groups in total. The number of aromatic nitrogens is 1. The topological polar surface area (TPSA) is 74.7 Å². The molecule has 0 bridgehead atoms. The number of rotatable bonds is 5. The van der Waals surface area contributed by atoms with Crippen LogP contribution in [0.1, 0.15) is 13.3 Å². The molecule has 0 aliphatic rings. The van der Waals surface area contributed by atoms with Crippen LogP contribution in [0.5, 0.6) is 0 Å². The average molecular weight is 226 g/mol. The summed E-state index contributed by atoms with van der Waals surface area (Å²) < 4.78 is 13.4. The normalized spacial score (nSPS) is 11.5. The smallest absolute Gasteiger partial charge is 0.165 e. The van der Waals surface area contributed by atoms with E-state index < -0.39 is 0 Å². The summed E-state index contributed by atoms with van der Waals surface area (Å²) >= 11 is 0. The molecule has 0 saturated carbocycles. The molecule has 5 nitrogen and oxygen atoms in total. The van der Waals surface area contributed by atoms with E-state index in [0.717, 1.165) is 0 Å². The number of pyridine rings is 1. The average Bonchev–Trinajstić information content (AvgIpc) is 2.31. The predicted octanol–water partition coefficient (Wildman–Crippen LogP) is 1.18. The Labute approximate surface area is 93.4 Å². The summed E-state index contributed by atoms with van der Waals surface area (Å²) in [5.74, 6) is 0.0365. The number of hydrogen-bond donors (Lipinski definition) is 2. The van der Waals surface area contributed by atoms with Crippen molar-refractivity contribution in [3.8, 4) is 0 Å². The van der Waals surface area contributed by atoms with Crippen LogP contribution in [0.4, 0.5) is 10.2 Å². The summed E-state index contributed by atoms with van der Waals surface area (Å²) in [5, 5.41) is 11.3.